The molecule has 21 heavy (non-hydrogen) atoms. The van der Waals surface area contributed by atoms with Crippen molar-refractivity contribution >= 4 is 0 Å². The van der Waals surface area contributed by atoms with E-state index in [0.717, 1.165) is 24.2 Å². The second-order valence-electron chi connectivity index (χ2n) is 8.51. The molecule has 4 N–H and O–H groups in total. The second kappa shape index (κ2) is 6.58. The molecule has 3 aliphatic carbocycles. The minimum Gasteiger partial charge on any atom is -0.327 e. The van der Waals surface area contributed by atoms with E-state index >= 15 is 0 Å². The van der Waals surface area contributed by atoms with Crippen molar-refractivity contribution in [2.75, 3.05) is 0 Å². The molecule has 0 aromatic carbocycles. The van der Waals surface area contributed by atoms with Gasteiger partial charge in [-0.1, -0.05) is 58.3 Å². The van der Waals surface area contributed by atoms with Gasteiger partial charge in [0, 0.05) is 11.6 Å². The van der Waals surface area contributed by atoms with Crippen LogP contribution in [0.1, 0.15) is 84.0 Å². The van der Waals surface area contributed by atoms with Gasteiger partial charge in [-0.2, -0.15) is 0 Å². The molecule has 0 amide bonds. The molecule has 3 fully saturated rings. The van der Waals surface area contributed by atoms with E-state index in [2.05, 4.69) is 6.92 Å². The predicted octanol–water partition coefficient (Wildman–Crippen LogP) is 4.22. The molecule has 0 aliphatic heterocycles. The Bertz CT molecular complexity index is 330. The van der Waals surface area contributed by atoms with Gasteiger partial charge in [-0.3, -0.25) is 0 Å². The first-order valence-corrected chi connectivity index (χ1v) is 9.65. The predicted molar refractivity (Wildman–Crippen MR) is 89.9 cm³/mol. The van der Waals surface area contributed by atoms with E-state index in [0.29, 0.717) is 12.0 Å². The molecule has 0 saturated heterocycles. The van der Waals surface area contributed by atoms with Gasteiger partial charge < -0.3 is 11.5 Å². The highest BCUT2D eigenvalue weighted by Gasteiger charge is 2.48. The van der Waals surface area contributed by atoms with Crippen molar-refractivity contribution in [1.29, 1.82) is 0 Å². The summed E-state index contributed by atoms with van der Waals surface area (Å²) >= 11 is 0. The molecule has 4 atom stereocenters. The summed E-state index contributed by atoms with van der Waals surface area (Å²) in [7, 11) is 0. The van der Waals surface area contributed by atoms with E-state index in [1.54, 1.807) is 0 Å². The van der Waals surface area contributed by atoms with Crippen LogP contribution >= 0.6 is 0 Å². The van der Waals surface area contributed by atoms with Gasteiger partial charge in [0.05, 0.1) is 0 Å². The maximum absolute atomic E-state index is 6.98. The summed E-state index contributed by atoms with van der Waals surface area (Å²) in [6.07, 6.45) is 16.4. The van der Waals surface area contributed by atoms with E-state index in [9.17, 15) is 0 Å². The van der Waals surface area contributed by atoms with E-state index in [-0.39, 0.29) is 5.54 Å². The van der Waals surface area contributed by atoms with Crippen LogP contribution in [0.15, 0.2) is 0 Å². The summed E-state index contributed by atoms with van der Waals surface area (Å²) in [5.74, 6) is 3.04. The van der Waals surface area contributed by atoms with Gasteiger partial charge in [0.25, 0.3) is 0 Å². The summed E-state index contributed by atoms with van der Waals surface area (Å²) < 4.78 is 0. The van der Waals surface area contributed by atoms with Crippen molar-refractivity contribution < 1.29 is 0 Å². The maximum Gasteiger partial charge on any atom is 0.0223 e. The number of rotatable bonds is 2. The zero-order valence-corrected chi connectivity index (χ0v) is 14.0. The fraction of sp³-hybridized carbons (Fsp3) is 1.00. The molecular weight excluding hydrogens is 256 g/mol. The Labute approximate surface area is 131 Å². The fourth-order valence-electron chi connectivity index (χ4n) is 5.88. The quantitative estimate of drug-likeness (QED) is 0.800. The highest BCUT2D eigenvalue weighted by atomic mass is 14.8. The maximum atomic E-state index is 6.98. The van der Waals surface area contributed by atoms with Crippen molar-refractivity contribution in [2.24, 2.45) is 35.1 Å². The lowest BCUT2D eigenvalue weighted by Crippen LogP contribution is -2.61. The van der Waals surface area contributed by atoms with Gasteiger partial charge in [-0.05, 0) is 49.4 Å². The smallest absolute Gasteiger partial charge is 0.0223 e. The Kier molecular flexibility index (Phi) is 4.95. The zero-order chi connectivity index (χ0) is 14.9. The van der Waals surface area contributed by atoms with Gasteiger partial charge in [-0.15, -0.1) is 0 Å². The Morgan fingerprint density at radius 3 is 2.05 bits per heavy atom. The summed E-state index contributed by atoms with van der Waals surface area (Å²) in [5, 5.41) is 0. The molecule has 0 spiro atoms. The van der Waals surface area contributed by atoms with Gasteiger partial charge in [0.1, 0.15) is 0 Å². The molecule has 3 aliphatic rings. The summed E-state index contributed by atoms with van der Waals surface area (Å²) in [4.78, 5) is 0. The summed E-state index contributed by atoms with van der Waals surface area (Å²) in [6, 6.07) is 0.358. The number of hydrogen-bond donors (Lipinski definition) is 2. The minimum absolute atomic E-state index is 0.0327. The van der Waals surface area contributed by atoms with Crippen molar-refractivity contribution in [2.45, 2.75) is 95.6 Å². The molecule has 3 rings (SSSR count). The molecule has 4 unspecified atom stereocenters. The first kappa shape index (κ1) is 15.8. The second-order valence-corrected chi connectivity index (χ2v) is 8.51. The van der Waals surface area contributed by atoms with Crippen molar-refractivity contribution in [1.82, 2.24) is 0 Å². The normalized spacial score (nSPS) is 43.9. The van der Waals surface area contributed by atoms with Crippen molar-refractivity contribution in [3.63, 3.8) is 0 Å². The lowest BCUT2D eigenvalue weighted by molar-refractivity contribution is 0.0342. The third kappa shape index (κ3) is 3.17. The van der Waals surface area contributed by atoms with Crippen LogP contribution < -0.4 is 11.5 Å². The molecule has 0 heterocycles. The molecule has 122 valence electrons. The average molecular weight is 293 g/mol. The third-order valence-electron chi connectivity index (χ3n) is 7.30. The van der Waals surface area contributed by atoms with Gasteiger partial charge in [-0.25, -0.2) is 0 Å². The molecular formula is C19H36N2. The van der Waals surface area contributed by atoms with Crippen molar-refractivity contribution in [3.8, 4) is 0 Å². The highest BCUT2D eigenvalue weighted by Crippen LogP contribution is 2.47. The molecule has 0 aromatic rings. The fourth-order valence-corrected chi connectivity index (χ4v) is 5.88. The number of hydrogen-bond acceptors (Lipinski definition) is 2. The minimum atomic E-state index is 0.0327. The van der Waals surface area contributed by atoms with Gasteiger partial charge >= 0.3 is 0 Å². The Morgan fingerprint density at radius 2 is 1.43 bits per heavy atom. The Hall–Kier alpha value is -0.0800. The molecule has 0 radical (unpaired) electrons. The van der Waals surface area contributed by atoms with Crippen LogP contribution in [-0.4, -0.2) is 11.6 Å². The SMILES string of the molecule is CC1CC(C2CCCCC2)C(N)CC1(N)C1CCCCC1. The van der Waals surface area contributed by atoms with Crippen LogP contribution in [0.3, 0.4) is 0 Å². The number of nitrogens with two attached hydrogens (primary N) is 2. The highest BCUT2D eigenvalue weighted by molar-refractivity contribution is 5.05. The third-order valence-corrected chi connectivity index (χ3v) is 7.30. The standard InChI is InChI=1S/C19H36N2/c1-14-12-17(15-8-4-2-5-9-15)18(20)13-19(14,21)16-10-6-3-7-11-16/h14-18H,2-13,20-21H2,1H3. The lowest BCUT2D eigenvalue weighted by Gasteiger charge is -2.53. The largest absolute Gasteiger partial charge is 0.327 e. The van der Waals surface area contributed by atoms with Crippen molar-refractivity contribution in [3.05, 3.63) is 0 Å². The van der Waals surface area contributed by atoms with Crippen LogP contribution in [0.2, 0.25) is 0 Å². The van der Waals surface area contributed by atoms with Crippen LogP contribution in [0.25, 0.3) is 0 Å². The molecule has 0 bridgehead atoms. The monoisotopic (exact) mass is 292 g/mol. The zero-order valence-electron chi connectivity index (χ0n) is 14.0. The van der Waals surface area contributed by atoms with Crippen LogP contribution in [0.4, 0.5) is 0 Å². The molecule has 0 aromatic heterocycles. The van der Waals surface area contributed by atoms with E-state index < -0.39 is 0 Å². The molecule has 2 nitrogen and oxygen atoms in total. The first-order valence-electron chi connectivity index (χ1n) is 9.65. The van der Waals surface area contributed by atoms with E-state index in [4.69, 9.17) is 11.5 Å². The molecule has 2 heteroatoms. The van der Waals surface area contributed by atoms with Crippen LogP contribution in [0, 0.1) is 23.7 Å². The average Bonchev–Trinajstić information content (AvgIpc) is 2.52. The topological polar surface area (TPSA) is 52.0 Å². The van der Waals surface area contributed by atoms with Crippen LogP contribution in [-0.2, 0) is 0 Å². The van der Waals surface area contributed by atoms with Gasteiger partial charge in [0.15, 0.2) is 0 Å². The van der Waals surface area contributed by atoms with E-state index in [1.807, 2.05) is 0 Å². The summed E-state index contributed by atoms with van der Waals surface area (Å²) in [6.45, 7) is 2.43. The first-order chi connectivity index (χ1) is 10.1. The van der Waals surface area contributed by atoms with Gasteiger partial charge in [0.2, 0.25) is 0 Å². The Morgan fingerprint density at radius 1 is 0.857 bits per heavy atom. The van der Waals surface area contributed by atoms with Crippen LogP contribution in [0.5, 0.6) is 0 Å². The van der Waals surface area contributed by atoms with E-state index in [1.165, 1.54) is 70.6 Å². The Balaban J connectivity index is 1.67. The summed E-state index contributed by atoms with van der Waals surface area (Å²) in [5.41, 5.74) is 13.7. The molecule has 3 saturated carbocycles. The lowest BCUT2D eigenvalue weighted by atomic mass is 9.57.